The van der Waals surface area contributed by atoms with Crippen LogP contribution in [0.25, 0.3) is 0 Å². The maximum atomic E-state index is 6.04. The third-order valence-electron chi connectivity index (χ3n) is 4.08. The van der Waals surface area contributed by atoms with Gasteiger partial charge in [0, 0.05) is 18.6 Å². The quantitative estimate of drug-likeness (QED) is 0.742. The average Bonchev–Trinajstić information content (AvgIpc) is 3.06. The molecule has 94 valence electrons. The Morgan fingerprint density at radius 3 is 2.88 bits per heavy atom. The van der Waals surface area contributed by atoms with E-state index in [1.807, 2.05) is 11.8 Å². The highest BCUT2D eigenvalue weighted by molar-refractivity contribution is 7.98. The second-order valence-corrected chi connectivity index (χ2v) is 6.25. The highest BCUT2D eigenvalue weighted by atomic mass is 32.2. The van der Waals surface area contributed by atoms with Crippen molar-refractivity contribution in [3.8, 4) is 0 Å². The van der Waals surface area contributed by atoms with Crippen LogP contribution in [0.3, 0.4) is 0 Å². The van der Waals surface area contributed by atoms with Crippen LogP contribution in [0.2, 0.25) is 0 Å². The summed E-state index contributed by atoms with van der Waals surface area (Å²) >= 11 is 1.97. The molecule has 0 bridgehead atoms. The van der Waals surface area contributed by atoms with E-state index in [0.29, 0.717) is 11.5 Å². The SMILES string of the molecule is CCNCC1(CCSC)CCOC1C1CC1. The minimum absolute atomic E-state index is 0.445. The molecule has 1 aliphatic heterocycles. The number of rotatable bonds is 7. The fourth-order valence-corrected chi connectivity index (χ4v) is 3.58. The molecule has 0 aromatic heterocycles. The molecule has 2 aliphatic rings. The Morgan fingerprint density at radius 2 is 2.25 bits per heavy atom. The highest BCUT2D eigenvalue weighted by Crippen LogP contribution is 2.49. The second kappa shape index (κ2) is 5.74. The smallest absolute Gasteiger partial charge is 0.0672 e. The van der Waals surface area contributed by atoms with E-state index in [-0.39, 0.29) is 0 Å². The molecule has 3 heteroatoms. The third kappa shape index (κ3) is 2.74. The van der Waals surface area contributed by atoms with Gasteiger partial charge in [0.2, 0.25) is 0 Å². The Hall–Kier alpha value is 0.270. The summed E-state index contributed by atoms with van der Waals surface area (Å²) in [6.07, 6.45) is 8.15. The summed E-state index contributed by atoms with van der Waals surface area (Å²) in [5, 5.41) is 3.56. The zero-order valence-corrected chi connectivity index (χ0v) is 11.4. The van der Waals surface area contributed by atoms with E-state index in [1.54, 1.807) is 0 Å². The summed E-state index contributed by atoms with van der Waals surface area (Å²) in [7, 11) is 0. The van der Waals surface area contributed by atoms with Crippen molar-refractivity contribution in [3.05, 3.63) is 0 Å². The summed E-state index contributed by atoms with van der Waals surface area (Å²) in [5.41, 5.74) is 0.445. The fourth-order valence-electron chi connectivity index (χ4n) is 2.97. The molecule has 0 aromatic rings. The van der Waals surface area contributed by atoms with Gasteiger partial charge in [-0.05, 0) is 50.2 Å². The molecule has 2 atom stereocenters. The van der Waals surface area contributed by atoms with Crippen molar-refractivity contribution in [1.82, 2.24) is 5.32 Å². The fraction of sp³-hybridized carbons (Fsp3) is 1.00. The number of hydrogen-bond acceptors (Lipinski definition) is 3. The van der Waals surface area contributed by atoms with Gasteiger partial charge in [-0.25, -0.2) is 0 Å². The number of ether oxygens (including phenoxy) is 1. The number of hydrogen-bond donors (Lipinski definition) is 1. The Bertz CT molecular complexity index is 210. The molecule has 2 unspecified atom stereocenters. The zero-order chi connectivity index (χ0) is 11.4. The first kappa shape index (κ1) is 12.7. The molecule has 0 radical (unpaired) electrons. The van der Waals surface area contributed by atoms with Crippen LogP contribution in [0.4, 0.5) is 0 Å². The number of nitrogens with one attached hydrogen (secondary N) is 1. The molecular weight excluding hydrogens is 218 g/mol. The van der Waals surface area contributed by atoms with Gasteiger partial charge in [-0.3, -0.25) is 0 Å². The Balaban J connectivity index is 1.98. The minimum atomic E-state index is 0.445. The van der Waals surface area contributed by atoms with Crippen LogP contribution in [-0.2, 0) is 4.74 Å². The summed E-state index contributed by atoms with van der Waals surface area (Å²) in [4.78, 5) is 0. The molecule has 0 aromatic carbocycles. The van der Waals surface area contributed by atoms with Crippen LogP contribution in [0.5, 0.6) is 0 Å². The van der Waals surface area contributed by atoms with E-state index in [9.17, 15) is 0 Å². The predicted molar refractivity (Wildman–Crippen MR) is 71.1 cm³/mol. The average molecular weight is 243 g/mol. The van der Waals surface area contributed by atoms with E-state index in [4.69, 9.17) is 4.74 Å². The second-order valence-electron chi connectivity index (χ2n) is 5.26. The van der Waals surface area contributed by atoms with Gasteiger partial charge in [-0.1, -0.05) is 6.92 Å². The molecule has 1 saturated carbocycles. The van der Waals surface area contributed by atoms with Gasteiger partial charge in [0.25, 0.3) is 0 Å². The lowest BCUT2D eigenvalue weighted by Crippen LogP contribution is -2.42. The van der Waals surface area contributed by atoms with Gasteiger partial charge in [-0.15, -0.1) is 0 Å². The van der Waals surface area contributed by atoms with Crippen molar-refractivity contribution in [1.29, 1.82) is 0 Å². The van der Waals surface area contributed by atoms with Crippen molar-refractivity contribution in [2.75, 3.05) is 31.7 Å². The molecular formula is C13H25NOS. The lowest BCUT2D eigenvalue weighted by Gasteiger charge is -2.34. The van der Waals surface area contributed by atoms with Crippen molar-refractivity contribution in [2.45, 2.75) is 38.7 Å². The van der Waals surface area contributed by atoms with Crippen LogP contribution in [0, 0.1) is 11.3 Å². The highest BCUT2D eigenvalue weighted by Gasteiger charge is 2.50. The van der Waals surface area contributed by atoms with E-state index in [1.165, 1.54) is 31.4 Å². The van der Waals surface area contributed by atoms with Gasteiger partial charge in [0.1, 0.15) is 0 Å². The van der Waals surface area contributed by atoms with Gasteiger partial charge in [0.05, 0.1) is 6.10 Å². The zero-order valence-electron chi connectivity index (χ0n) is 10.6. The van der Waals surface area contributed by atoms with Gasteiger partial charge in [0.15, 0.2) is 0 Å². The topological polar surface area (TPSA) is 21.3 Å². The molecule has 1 N–H and O–H groups in total. The van der Waals surface area contributed by atoms with Crippen molar-refractivity contribution in [2.24, 2.45) is 11.3 Å². The van der Waals surface area contributed by atoms with E-state index in [0.717, 1.165) is 25.6 Å². The summed E-state index contributed by atoms with van der Waals surface area (Å²) < 4.78 is 6.04. The van der Waals surface area contributed by atoms with Crippen LogP contribution < -0.4 is 5.32 Å². The van der Waals surface area contributed by atoms with Gasteiger partial charge >= 0.3 is 0 Å². The van der Waals surface area contributed by atoms with Crippen molar-refractivity contribution in [3.63, 3.8) is 0 Å². The first-order valence-electron chi connectivity index (χ1n) is 6.63. The van der Waals surface area contributed by atoms with E-state index >= 15 is 0 Å². The van der Waals surface area contributed by atoms with Gasteiger partial charge in [-0.2, -0.15) is 11.8 Å². The van der Waals surface area contributed by atoms with E-state index in [2.05, 4.69) is 18.5 Å². The number of thioether (sulfide) groups is 1. The summed E-state index contributed by atoms with van der Waals surface area (Å²) in [6, 6.07) is 0. The Kier molecular flexibility index (Phi) is 4.57. The molecule has 1 saturated heterocycles. The minimum Gasteiger partial charge on any atom is -0.377 e. The standard InChI is InChI=1S/C13H25NOS/c1-3-14-10-13(7-9-16-2)6-8-15-12(13)11-4-5-11/h11-12,14H,3-10H2,1-2H3. The van der Waals surface area contributed by atoms with E-state index < -0.39 is 0 Å². The normalized spacial score (nSPS) is 34.5. The molecule has 16 heavy (non-hydrogen) atoms. The van der Waals surface area contributed by atoms with Crippen LogP contribution >= 0.6 is 11.8 Å². The first-order chi connectivity index (χ1) is 7.82. The van der Waals surface area contributed by atoms with Gasteiger partial charge < -0.3 is 10.1 Å². The third-order valence-corrected chi connectivity index (χ3v) is 4.69. The van der Waals surface area contributed by atoms with Crippen LogP contribution in [0.15, 0.2) is 0 Å². The van der Waals surface area contributed by atoms with Crippen LogP contribution in [-0.4, -0.2) is 37.8 Å². The molecule has 1 aliphatic carbocycles. The van der Waals surface area contributed by atoms with Crippen molar-refractivity contribution >= 4 is 11.8 Å². The summed E-state index contributed by atoms with van der Waals surface area (Å²) in [5.74, 6) is 2.15. The van der Waals surface area contributed by atoms with Crippen molar-refractivity contribution < 1.29 is 4.74 Å². The molecule has 0 amide bonds. The largest absolute Gasteiger partial charge is 0.377 e. The Morgan fingerprint density at radius 1 is 1.44 bits per heavy atom. The predicted octanol–water partition coefficient (Wildman–Crippen LogP) is 2.53. The summed E-state index contributed by atoms with van der Waals surface area (Å²) in [6.45, 7) is 5.43. The lowest BCUT2D eigenvalue weighted by atomic mass is 9.76. The molecule has 1 heterocycles. The lowest BCUT2D eigenvalue weighted by molar-refractivity contribution is 0.0296. The molecule has 2 nitrogen and oxygen atoms in total. The van der Waals surface area contributed by atoms with Crippen LogP contribution in [0.1, 0.15) is 32.6 Å². The maximum absolute atomic E-state index is 6.04. The molecule has 2 fully saturated rings. The molecule has 0 spiro atoms. The monoisotopic (exact) mass is 243 g/mol. The molecule has 2 rings (SSSR count). The maximum Gasteiger partial charge on any atom is 0.0672 e. The Labute approximate surface area is 104 Å². The first-order valence-corrected chi connectivity index (χ1v) is 8.03.